The summed E-state index contributed by atoms with van der Waals surface area (Å²) in [5.74, 6) is -2.01. The van der Waals surface area contributed by atoms with Crippen molar-refractivity contribution in [1.29, 1.82) is 0 Å². The van der Waals surface area contributed by atoms with E-state index in [0.29, 0.717) is 11.3 Å². The molecule has 0 aromatic heterocycles. The number of rotatable bonds is 3. The third-order valence-corrected chi connectivity index (χ3v) is 3.81. The molecule has 0 aliphatic carbocycles. The van der Waals surface area contributed by atoms with Crippen LogP contribution in [0.25, 0.3) is 0 Å². The van der Waals surface area contributed by atoms with Gasteiger partial charge in [0, 0.05) is 0 Å². The molecule has 2 aliphatic heterocycles. The number of Topliss-reactive ketones (excluding diaryl/α,β-unsaturated/α-hetero) is 1. The zero-order chi connectivity index (χ0) is 19.8. The van der Waals surface area contributed by atoms with E-state index in [4.69, 9.17) is 18.9 Å². The molecule has 1 atom stereocenters. The highest BCUT2D eigenvalue weighted by molar-refractivity contribution is 6.14. The Bertz CT molecular complexity index is 871. The molecule has 2 heterocycles. The maximum absolute atomic E-state index is 12.8. The molecular weight excluding hydrogens is 352 g/mol. The van der Waals surface area contributed by atoms with Gasteiger partial charge in [-0.25, -0.2) is 9.59 Å². The van der Waals surface area contributed by atoms with Gasteiger partial charge in [0.05, 0.1) is 17.7 Å². The van der Waals surface area contributed by atoms with Crippen molar-refractivity contribution in [3.05, 3.63) is 53.0 Å². The van der Waals surface area contributed by atoms with Gasteiger partial charge in [-0.15, -0.1) is 0 Å². The van der Waals surface area contributed by atoms with Gasteiger partial charge in [0.1, 0.15) is 23.2 Å². The Morgan fingerprint density at radius 2 is 1.85 bits per heavy atom. The molecule has 0 saturated heterocycles. The number of carbonyl (C=O) groups excluding carboxylic acids is 3. The van der Waals surface area contributed by atoms with Gasteiger partial charge in [-0.05, 0) is 39.8 Å². The van der Waals surface area contributed by atoms with Gasteiger partial charge in [0.25, 0.3) is 0 Å². The van der Waals surface area contributed by atoms with E-state index in [-0.39, 0.29) is 29.3 Å². The number of esters is 2. The van der Waals surface area contributed by atoms with Crippen LogP contribution in [0.1, 0.15) is 38.1 Å². The minimum absolute atomic E-state index is 0.0836. The third-order valence-electron chi connectivity index (χ3n) is 3.81. The number of ether oxygens (including phenoxy) is 4. The van der Waals surface area contributed by atoms with Gasteiger partial charge in [-0.2, -0.15) is 0 Å². The topological polar surface area (TPSA) is 88.1 Å². The zero-order valence-corrected chi connectivity index (χ0v) is 15.5. The van der Waals surface area contributed by atoms with Gasteiger partial charge in [-0.3, -0.25) is 4.79 Å². The summed E-state index contributed by atoms with van der Waals surface area (Å²) in [6, 6.07) is 6.66. The van der Waals surface area contributed by atoms with Gasteiger partial charge < -0.3 is 18.9 Å². The van der Waals surface area contributed by atoms with E-state index in [2.05, 4.69) is 0 Å². The first-order chi connectivity index (χ1) is 12.7. The van der Waals surface area contributed by atoms with Crippen molar-refractivity contribution < 1.29 is 33.3 Å². The molecule has 0 N–H and O–H groups in total. The highest BCUT2D eigenvalue weighted by Crippen LogP contribution is 2.37. The summed E-state index contributed by atoms with van der Waals surface area (Å²) in [6.07, 6.45) is 0.0213. The average Bonchev–Trinajstić information content (AvgIpc) is 2.59. The number of hydrogen-bond acceptors (Lipinski definition) is 7. The molecule has 1 aromatic carbocycles. The maximum atomic E-state index is 12.8. The summed E-state index contributed by atoms with van der Waals surface area (Å²) < 4.78 is 21.6. The van der Waals surface area contributed by atoms with Crippen LogP contribution in [-0.4, -0.2) is 36.0 Å². The third kappa shape index (κ3) is 3.58. The minimum atomic E-state index is -1.11. The molecule has 0 spiro atoms. The first kappa shape index (κ1) is 18.7. The van der Waals surface area contributed by atoms with E-state index >= 15 is 0 Å². The first-order valence-electron chi connectivity index (χ1n) is 8.54. The van der Waals surface area contributed by atoms with Crippen molar-refractivity contribution >= 4 is 17.7 Å². The lowest BCUT2D eigenvalue weighted by molar-refractivity contribution is -0.154. The molecule has 0 fully saturated rings. The first-order valence-corrected chi connectivity index (χ1v) is 8.54. The molecule has 0 bridgehead atoms. The van der Waals surface area contributed by atoms with Crippen LogP contribution in [0.15, 0.2) is 47.4 Å². The second-order valence-corrected chi connectivity index (χ2v) is 6.98. The molecule has 1 unspecified atom stereocenters. The second-order valence-electron chi connectivity index (χ2n) is 6.98. The quantitative estimate of drug-likeness (QED) is 0.754. The lowest BCUT2D eigenvalue weighted by atomic mass is 9.90. The second kappa shape index (κ2) is 6.90. The van der Waals surface area contributed by atoms with Crippen LogP contribution in [0.4, 0.5) is 0 Å². The number of hydrogen-bond donors (Lipinski definition) is 0. The molecule has 0 radical (unpaired) electrons. The predicted molar refractivity (Wildman–Crippen MR) is 93.9 cm³/mol. The van der Waals surface area contributed by atoms with Crippen LogP contribution in [0.5, 0.6) is 5.75 Å². The van der Waals surface area contributed by atoms with Gasteiger partial charge in [0.15, 0.2) is 11.9 Å². The highest BCUT2D eigenvalue weighted by atomic mass is 16.6. The zero-order valence-electron chi connectivity index (χ0n) is 15.5. The van der Waals surface area contributed by atoms with Crippen LogP contribution < -0.4 is 4.74 Å². The van der Waals surface area contributed by atoms with Crippen LogP contribution >= 0.6 is 0 Å². The Kier molecular flexibility index (Phi) is 4.78. The Morgan fingerprint density at radius 3 is 2.52 bits per heavy atom. The fourth-order valence-corrected chi connectivity index (χ4v) is 2.75. The van der Waals surface area contributed by atoms with Crippen molar-refractivity contribution in [3.8, 4) is 5.75 Å². The number of fused-ring (bicyclic) bond motifs is 2. The fourth-order valence-electron chi connectivity index (χ4n) is 2.75. The maximum Gasteiger partial charge on any atom is 0.375 e. The number of para-hydroxylation sites is 1. The Labute approximate surface area is 156 Å². The summed E-state index contributed by atoms with van der Waals surface area (Å²) in [6.45, 7) is 6.79. The SMILES string of the molecule is CCOC(=O)C1=C(C(=O)OC(C)(C)C)OC=C2C(=O)c3ccccc3OC21. The van der Waals surface area contributed by atoms with Gasteiger partial charge in [0.2, 0.25) is 5.76 Å². The van der Waals surface area contributed by atoms with E-state index in [0.717, 1.165) is 6.26 Å². The van der Waals surface area contributed by atoms with Crippen molar-refractivity contribution in [1.82, 2.24) is 0 Å². The van der Waals surface area contributed by atoms with Crippen LogP contribution in [-0.2, 0) is 23.8 Å². The van der Waals surface area contributed by atoms with E-state index in [9.17, 15) is 14.4 Å². The molecule has 7 nitrogen and oxygen atoms in total. The summed E-state index contributed by atoms with van der Waals surface area (Å²) >= 11 is 0. The minimum Gasteiger partial charge on any atom is -0.480 e. The number of benzene rings is 1. The van der Waals surface area contributed by atoms with E-state index in [1.54, 1.807) is 52.0 Å². The standard InChI is InChI=1S/C20H20O7/c1-5-24-18(22)14-16-12(10-25-17(14)19(23)27-20(2,3)4)15(21)11-8-6-7-9-13(11)26-16/h6-10,16H,5H2,1-4H3. The Morgan fingerprint density at radius 1 is 1.15 bits per heavy atom. The molecule has 0 amide bonds. The molecule has 142 valence electrons. The predicted octanol–water partition coefficient (Wildman–Crippen LogP) is 2.70. The Hall–Kier alpha value is -3.09. The Balaban J connectivity index is 2.07. The molecule has 7 heteroatoms. The molecular formula is C20H20O7. The summed E-state index contributed by atoms with van der Waals surface area (Å²) in [4.78, 5) is 37.9. The van der Waals surface area contributed by atoms with Gasteiger partial charge >= 0.3 is 11.9 Å². The molecule has 1 aromatic rings. The monoisotopic (exact) mass is 372 g/mol. The van der Waals surface area contributed by atoms with Crippen molar-refractivity contribution in [2.24, 2.45) is 0 Å². The fraction of sp³-hybridized carbons (Fsp3) is 0.350. The normalized spacial score (nSPS) is 18.4. The van der Waals surface area contributed by atoms with E-state index in [1.807, 2.05) is 0 Å². The van der Waals surface area contributed by atoms with Crippen molar-refractivity contribution in [2.75, 3.05) is 6.61 Å². The van der Waals surface area contributed by atoms with E-state index < -0.39 is 23.6 Å². The number of ketones is 1. The van der Waals surface area contributed by atoms with Gasteiger partial charge in [-0.1, -0.05) is 12.1 Å². The largest absolute Gasteiger partial charge is 0.480 e. The van der Waals surface area contributed by atoms with Crippen molar-refractivity contribution in [2.45, 2.75) is 39.4 Å². The summed E-state index contributed by atoms with van der Waals surface area (Å²) in [5.41, 5.74) is -0.518. The van der Waals surface area contributed by atoms with Crippen LogP contribution in [0.2, 0.25) is 0 Å². The molecule has 2 aliphatic rings. The van der Waals surface area contributed by atoms with E-state index in [1.165, 1.54) is 0 Å². The average molecular weight is 372 g/mol. The number of carbonyl (C=O) groups is 3. The molecule has 27 heavy (non-hydrogen) atoms. The van der Waals surface area contributed by atoms with Crippen LogP contribution in [0.3, 0.4) is 0 Å². The lowest BCUT2D eigenvalue weighted by Gasteiger charge is -2.32. The summed E-state index contributed by atoms with van der Waals surface area (Å²) in [5, 5.41) is 0. The summed E-state index contributed by atoms with van der Waals surface area (Å²) in [7, 11) is 0. The molecule has 0 saturated carbocycles. The molecule has 3 rings (SSSR count). The van der Waals surface area contributed by atoms with Crippen LogP contribution in [0, 0.1) is 0 Å². The smallest absolute Gasteiger partial charge is 0.375 e. The van der Waals surface area contributed by atoms with Crippen molar-refractivity contribution in [3.63, 3.8) is 0 Å². The highest BCUT2D eigenvalue weighted by Gasteiger charge is 2.44. The lowest BCUT2D eigenvalue weighted by Crippen LogP contribution is -2.40.